The van der Waals surface area contributed by atoms with E-state index < -0.39 is 0 Å². The van der Waals surface area contributed by atoms with Crippen LogP contribution in [0.3, 0.4) is 0 Å². The zero-order valence-corrected chi connectivity index (χ0v) is 6.34. The van der Waals surface area contributed by atoms with Crippen molar-refractivity contribution in [1.29, 1.82) is 0 Å². The largest absolute Gasteiger partial charge is 0.305 e. The maximum atomic E-state index is 10.6. The molecule has 0 aromatic carbocycles. The highest BCUT2D eigenvalue weighted by Gasteiger charge is 2.56. The average molecular weight is 139 g/mol. The highest BCUT2D eigenvalue weighted by molar-refractivity contribution is 5.65. The van der Waals surface area contributed by atoms with Crippen molar-refractivity contribution in [2.45, 2.75) is 12.8 Å². The number of rotatable bonds is 1. The first-order valence-corrected chi connectivity index (χ1v) is 3.92. The second-order valence-corrected chi connectivity index (χ2v) is 3.78. The lowest BCUT2D eigenvalue weighted by molar-refractivity contribution is -0.113. The van der Waals surface area contributed by atoms with Gasteiger partial charge in [-0.3, -0.25) is 0 Å². The van der Waals surface area contributed by atoms with Crippen LogP contribution in [0.2, 0.25) is 0 Å². The second-order valence-electron chi connectivity index (χ2n) is 3.78. The summed E-state index contributed by atoms with van der Waals surface area (Å²) in [5.41, 5.74) is 0.104. The van der Waals surface area contributed by atoms with Crippen LogP contribution in [0, 0.1) is 11.3 Å². The van der Waals surface area contributed by atoms with E-state index in [-0.39, 0.29) is 5.41 Å². The number of likely N-dealkylation sites (tertiary alicyclic amines) is 1. The molecule has 56 valence electrons. The molecule has 0 spiro atoms. The van der Waals surface area contributed by atoms with Gasteiger partial charge in [-0.05, 0) is 32.4 Å². The molecule has 0 bridgehead atoms. The maximum absolute atomic E-state index is 10.6. The molecule has 2 fully saturated rings. The number of carbonyl (C=O) groups excluding carboxylic acids is 1. The number of nitrogens with zero attached hydrogens (tertiary/aromatic N) is 1. The fourth-order valence-electron chi connectivity index (χ4n) is 2.12. The molecule has 2 unspecified atom stereocenters. The van der Waals surface area contributed by atoms with Gasteiger partial charge in [0.25, 0.3) is 0 Å². The molecule has 0 aromatic heterocycles. The van der Waals surface area contributed by atoms with E-state index in [1.807, 2.05) is 0 Å². The molecule has 10 heavy (non-hydrogen) atoms. The van der Waals surface area contributed by atoms with Crippen molar-refractivity contribution >= 4 is 6.29 Å². The van der Waals surface area contributed by atoms with Crippen molar-refractivity contribution in [1.82, 2.24) is 4.90 Å². The van der Waals surface area contributed by atoms with Gasteiger partial charge in [0.05, 0.1) is 0 Å². The highest BCUT2D eigenvalue weighted by atomic mass is 16.1. The summed E-state index contributed by atoms with van der Waals surface area (Å²) in [6.07, 6.45) is 3.56. The summed E-state index contributed by atoms with van der Waals surface area (Å²) in [5, 5.41) is 0. The van der Waals surface area contributed by atoms with Gasteiger partial charge in [0.15, 0.2) is 0 Å². The lowest BCUT2D eigenvalue weighted by atomic mass is 10.00. The Labute approximate surface area is 61.2 Å². The zero-order valence-electron chi connectivity index (χ0n) is 6.34. The highest BCUT2D eigenvalue weighted by Crippen LogP contribution is 2.55. The van der Waals surface area contributed by atoms with Gasteiger partial charge in [-0.1, -0.05) is 0 Å². The SMILES string of the molecule is CN1CCC2CC2(C=O)C1. The summed E-state index contributed by atoms with van der Waals surface area (Å²) in [6.45, 7) is 2.18. The minimum atomic E-state index is 0.104. The molecule has 2 nitrogen and oxygen atoms in total. The summed E-state index contributed by atoms with van der Waals surface area (Å²) in [6, 6.07) is 0. The van der Waals surface area contributed by atoms with Crippen molar-refractivity contribution in [3.8, 4) is 0 Å². The monoisotopic (exact) mass is 139 g/mol. The summed E-state index contributed by atoms with van der Waals surface area (Å²) in [7, 11) is 2.10. The number of aldehydes is 1. The Morgan fingerprint density at radius 2 is 2.50 bits per heavy atom. The van der Waals surface area contributed by atoms with Crippen molar-refractivity contribution in [2.24, 2.45) is 11.3 Å². The third kappa shape index (κ3) is 0.717. The van der Waals surface area contributed by atoms with E-state index in [1.165, 1.54) is 19.3 Å². The summed E-state index contributed by atoms with van der Waals surface area (Å²) >= 11 is 0. The molecule has 2 aliphatic rings. The van der Waals surface area contributed by atoms with Crippen LogP contribution in [0.5, 0.6) is 0 Å². The Kier molecular flexibility index (Phi) is 1.15. The minimum absolute atomic E-state index is 0.104. The second kappa shape index (κ2) is 1.82. The first-order valence-electron chi connectivity index (χ1n) is 3.92. The first kappa shape index (κ1) is 6.35. The van der Waals surface area contributed by atoms with Gasteiger partial charge in [0.2, 0.25) is 0 Å². The standard InChI is InChI=1S/C8H13NO/c1-9-3-2-7-4-8(7,5-9)6-10/h6-7H,2-5H2,1H3. The molecule has 1 saturated heterocycles. The predicted molar refractivity (Wildman–Crippen MR) is 38.7 cm³/mol. The van der Waals surface area contributed by atoms with Crippen LogP contribution in [0.25, 0.3) is 0 Å². The van der Waals surface area contributed by atoms with Crippen LogP contribution >= 0.6 is 0 Å². The van der Waals surface area contributed by atoms with E-state index in [4.69, 9.17) is 0 Å². The van der Waals surface area contributed by atoms with Gasteiger partial charge in [0.1, 0.15) is 6.29 Å². The molecule has 0 radical (unpaired) electrons. The van der Waals surface area contributed by atoms with Gasteiger partial charge >= 0.3 is 0 Å². The zero-order chi connectivity index (χ0) is 7.19. The van der Waals surface area contributed by atoms with Gasteiger partial charge in [-0.15, -0.1) is 0 Å². The summed E-state index contributed by atoms with van der Waals surface area (Å²) in [5.74, 6) is 0.737. The predicted octanol–water partition coefficient (Wildman–Crippen LogP) is 0.527. The van der Waals surface area contributed by atoms with E-state index in [1.54, 1.807) is 0 Å². The molecule has 0 amide bonds. The Bertz CT molecular complexity index is 169. The molecular formula is C8H13NO. The molecule has 1 heterocycles. The smallest absolute Gasteiger partial charge is 0.127 e. The van der Waals surface area contributed by atoms with Gasteiger partial charge in [-0.2, -0.15) is 0 Å². The van der Waals surface area contributed by atoms with Gasteiger partial charge < -0.3 is 9.69 Å². The van der Waals surface area contributed by atoms with Crippen LogP contribution in [-0.4, -0.2) is 31.3 Å². The van der Waals surface area contributed by atoms with Crippen LogP contribution < -0.4 is 0 Å². The van der Waals surface area contributed by atoms with E-state index in [2.05, 4.69) is 11.9 Å². The minimum Gasteiger partial charge on any atom is -0.305 e. The Morgan fingerprint density at radius 1 is 1.70 bits per heavy atom. The number of carbonyl (C=O) groups is 1. The van der Waals surface area contributed by atoms with Crippen LogP contribution in [0.15, 0.2) is 0 Å². The molecule has 0 N–H and O–H groups in total. The molecule has 2 rings (SSSR count). The Balaban J connectivity index is 2.08. The lowest BCUT2D eigenvalue weighted by Crippen LogP contribution is -2.34. The van der Waals surface area contributed by atoms with Crippen LogP contribution in [-0.2, 0) is 4.79 Å². The molecule has 2 heteroatoms. The van der Waals surface area contributed by atoms with Crippen molar-refractivity contribution in [3.63, 3.8) is 0 Å². The third-order valence-electron chi connectivity index (χ3n) is 2.94. The summed E-state index contributed by atoms with van der Waals surface area (Å²) in [4.78, 5) is 12.9. The van der Waals surface area contributed by atoms with Crippen LogP contribution in [0.1, 0.15) is 12.8 Å². The quantitative estimate of drug-likeness (QED) is 0.494. The van der Waals surface area contributed by atoms with Crippen molar-refractivity contribution < 1.29 is 4.79 Å². The number of fused-ring (bicyclic) bond motifs is 1. The fourth-order valence-corrected chi connectivity index (χ4v) is 2.12. The summed E-state index contributed by atoms with van der Waals surface area (Å²) < 4.78 is 0. The number of hydrogen-bond donors (Lipinski definition) is 0. The van der Waals surface area contributed by atoms with E-state index in [0.717, 1.165) is 18.9 Å². The third-order valence-corrected chi connectivity index (χ3v) is 2.94. The molecule has 1 aliphatic carbocycles. The molecule has 1 aliphatic heterocycles. The molecule has 0 aromatic rings. The average Bonchev–Trinajstić information content (AvgIpc) is 2.62. The van der Waals surface area contributed by atoms with Gasteiger partial charge in [0, 0.05) is 12.0 Å². The Hall–Kier alpha value is -0.370. The lowest BCUT2D eigenvalue weighted by Gasteiger charge is -2.25. The fraction of sp³-hybridized carbons (Fsp3) is 0.875. The molecule has 1 saturated carbocycles. The normalized spacial score (nSPS) is 46.3. The van der Waals surface area contributed by atoms with Gasteiger partial charge in [-0.25, -0.2) is 0 Å². The number of hydrogen-bond acceptors (Lipinski definition) is 2. The first-order chi connectivity index (χ1) is 4.77. The van der Waals surface area contributed by atoms with Crippen molar-refractivity contribution in [2.75, 3.05) is 20.1 Å². The van der Waals surface area contributed by atoms with E-state index in [9.17, 15) is 4.79 Å². The molecule has 2 atom stereocenters. The maximum Gasteiger partial charge on any atom is 0.127 e. The molecular weight excluding hydrogens is 126 g/mol. The van der Waals surface area contributed by atoms with E-state index in [0.29, 0.717) is 0 Å². The topological polar surface area (TPSA) is 20.3 Å². The van der Waals surface area contributed by atoms with Crippen molar-refractivity contribution in [3.05, 3.63) is 0 Å². The number of piperidine rings is 1. The Morgan fingerprint density at radius 3 is 3.10 bits per heavy atom. The van der Waals surface area contributed by atoms with E-state index >= 15 is 0 Å². The van der Waals surface area contributed by atoms with Crippen LogP contribution in [0.4, 0.5) is 0 Å².